The molecular weight excluding hydrogens is 326 g/mol. The Morgan fingerprint density at radius 1 is 1.17 bits per heavy atom. The van der Waals surface area contributed by atoms with Crippen LogP contribution in [0.4, 0.5) is 0 Å². The zero-order valence-corrected chi connectivity index (χ0v) is 13.7. The molecule has 0 unspecified atom stereocenters. The number of thiophene rings is 1. The van der Waals surface area contributed by atoms with Gasteiger partial charge in [0.05, 0.1) is 17.1 Å². The number of aromatic nitrogens is 3. The fourth-order valence-corrected chi connectivity index (χ4v) is 2.75. The maximum absolute atomic E-state index is 12.2. The minimum absolute atomic E-state index is 0.0196. The van der Waals surface area contributed by atoms with Gasteiger partial charge in [-0.25, -0.2) is 9.67 Å². The first kappa shape index (κ1) is 15.9. The summed E-state index contributed by atoms with van der Waals surface area (Å²) in [5, 5.41) is 11.2. The number of hydrogen-bond acceptors (Lipinski definition) is 5. The molecule has 0 aliphatic rings. The van der Waals surface area contributed by atoms with Crippen LogP contribution in [0.3, 0.4) is 0 Å². The molecule has 0 radical (unpaired) electrons. The van der Waals surface area contributed by atoms with E-state index < -0.39 is 5.91 Å². The number of benzene rings is 1. The lowest BCUT2D eigenvalue weighted by molar-refractivity contribution is -0.119. The van der Waals surface area contributed by atoms with Crippen molar-refractivity contribution in [2.24, 2.45) is 0 Å². The van der Waals surface area contributed by atoms with Crippen LogP contribution >= 0.6 is 11.3 Å². The summed E-state index contributed by atoms with van der Waals surface area (Å²) in [6.07, 6.45) is 0. The van der Waals surface area contributed by atoms with E-state index in [2.05, 4.69) is 20.7 Å². The van der Waals surface area contributed by atoms with E-state index in [1.54, 1.807) is 4.68 Å². The first-order valence-corrected chi connectivity index (χ1v) is 8.12. The van der Waals surface area contributed by atoms with Crippen LogP contribution in [0.25, 0.3) is 16.4 Å². The van der Waals surface area contributed by atoms with Gasteiger partial charge in [0.1, 0.15) is 0 Å². The Hall–Kier alpha value is -3.00. The second kappa shape index (κ2) is 7.05. The number of hydrogen-bond donors (Lipinski definition) is 2. The van der Waals surface area contributed by atoms with Crippen LogP contribution in [0.2, 0.25) is 0 Å². The standard InChI is InChI=1S/C16H15N5O2S/c1-17-13(22)10-18-16(23)14-19-15(12-8-5-9-24-12)21(20-14)11-6-3-2-4-7-11/h2-9H,10H2,1H3,(H,17,22)(H,18,23). The van der Waals surface area contributed by atoms with Gasteiger partial charge >= 0.3 is 0 Å². The van der Waals surface area contributed by atoms with Crippen molar-refractivity contribution in [1.82, 2.24) is 25.4 Å². The van der Waals surface area contributed by atoms with Crippen LogP contribution in [-0.2, 0) is 4.79 Å². The summed E-state index contributed by atoms with van der Waals surface area (Å²) in [5.74, 6) is -0.178. The lowest BCUT2D eigenvalue weighted by atomic mass is 10.3. The van der Waals surface area contributed by atoms with E-state index in [9.17, 15) is 9.59 Å². The lowest BCUT2D eigenvalue weighted by Crippen LogP contribution is -2.35. The molecule has 1 aromatic carbocycles. The Bertz CT molecular complexity index is 843. The first-order chi connectivity index (χ1) is 11.7. The molecule has 122 valence electrons. The number of nitrogens with zero attached hydrogens (tertiary/aromatic N) is 3. The van der Waals surface area contributed by atoms with E-state index in [0.717, 1.165) is 10.6 Å². The van der Waals surface area contributed by atoms with Gasteiger partial charge in [-0.3, -0.25) is 9.59 Å². The third-order valence-electron chi connectivity index (χ3n) is 3.24. The van der Waals surface area contributed by atoms with Crippen molar-refractivity contribution in [2.75, 3.05) is 13.6 Å². The monoisotopic (exact) mass is 341 g/mol. The van der Waals surface area contributed by atoms with E-state index in [-0.39, 0.29) is 18.3 Å². The van der Waals surface area contributed by atoms with Gasteiger partial charge in [0.2, 0.25) is 11.7 Å². The van der Waals surface area contributed by atoms with Crippen molar-refractivity contribution in [1.29, 1.82) is 0 Å². The van der Waals surface area contributed by atoms with Crippen molar-refractivity contribution in [3.8, 4) is 16.4 Å². The SMILES string of the molecule is CNC(=O)CNC(=O)c1nc(-c2cccs2)n(-c2ccccc2)n1. The fourth-order valence-electron chi connectivity index (χ4n) is 2.05. The van der Waals surface area contributed by atoms with Gasteiger partial charge in [0, 0.05) is 7.05 Å². The van der Waals surface area contributed by atoms with Crippen LogP contribution in [0.15, 0.2) is 47.8 Å². The summed E-state index contributed by atoms with van der Waals surface area (Å²) in [6, 6.07) is 13.3. The van der Waals surface area contributed by atoms with E-state index in [1.165, 1.54) is 18.4 Å². The number of para-hydroxylation sites is 1. The Labute approximate surface area is 142 Å². The maximum Gasteiger partial charge on any atom is 0.291 e. The predicted octanol–water partition coefficient (Wildman–Crippen LogP) is 1.47. The summed E-state index contributed by atoms with van der Waals surface area (Å²) in [4.78, 5) is 28.7. The highest BCUT2D eigenvalue weighted by Gasteiger charge is 2.19. The highest BCUT2D eigenvalue weighted by atomic mass is 32.1. The fraction of sp³-hybridized carbons (Fsp3) is 0.125. The van der Waals surface area contributed by atoms with Gasteiger partial charge in [-0.1, -0.05) is 24.3 Å². The summed E-state index contributed by atoms with van der Waals surface area (Å²) in [7, 11) is 1.51. The minimum atomic E-state index is -0.494. The molecule has 2 aromatic heterocycles. The molecule has 0 aliphatic carbocycles. The molecule has 0 aliphatic heterocycles. The molecule has 0 saturated carbocycles. The Morgan fingerprint density at radius 3 is 2.62 bits per heavy atom. The highest BCUT2D eigenvalue weighted by molar-refractivity contribution is 7.13. The first-order valence-electron chi connectivity index (χ1n) is 7.24. The number of carbonyl (C=O) groups is 2. The summed E-state index contributed by atoms with van der Waals surface area (Å²) < 4.78 is 1.63. The maximum atomic E-state index is 12.2. The van der Waals surface area contributed by atoms with Gasteiger partial charge < -0.3 is 10.6 Å². The molecule has 3 rings (SSSR count). The number of likely N-dealkylation sites (N-methyl/N-ethyl adjacent to an activating group) is 1. The molecule has 0 bridgehead atoms. The number of rotatable bonds is 5. The van der Waals surface area contributed by atoms with E-state index in [1.807, 2.05) is 47.8 Å². The normalized spacial score (nSPS) is 10.4. The zero-order valence-electron chi connectivity index (χ0n) is 12.9. The van der Waals surface area contributed by atoms with E-state index >= 15 is 0 Å². The van der Waals surface area contributed by atoms with Crippen LogP contribution in [-0.4, -0.2) is 40.2 Å². The van der Waals surface area contributed by atoms with Crippen molar-refractivity contribution < 1.29 is 9.59 Å². The van der Waals surface area contributed by atoms with Crippen LogP contribution in [0.1, 0.15) is 10.6 Å². The van der Waals surface area contributed by atoms with Crippen molar-refractivity contribution in [2.45, 2.75) is 0 Å². The molecule has 0 saturated heterocycles. The lowest BCUT2D eigenvalue weighted by Gasteiger charge is -2.03. The van der Waals surface area contributed by atoms with Gasteiger partial charge in [-0.05, 0) is 23.6 Å². The molecule has 8 heteroatoms. The molecule has 7 nitrogen and oxygen atoms in total. The summed E-state index contributed by atoms with van der Waals surface area (Å²) in [5.41, 5.74) is 0.804. The van der Waals surface area contributed by atoms with Gasteiger partial charge in [0.15, 0.2) is 5.82 Å². The topological polar surface area (TPSA) is 88.9 Å². The van der Waals surface area contributed by atoms with Crippen LogP contribution < -0.4 is 10.6 Å². The highest BCUT2D eigenvalue weighted by Crippen LogP contribution is 2.25. The molecule has 2 N–H and O–H groups in total. The Balaban J connectivity index is 1.95. The second-order valence-corrected chi connectivity index (χ2v) is 5.79. The average molecular weight is 341 g/mol. The molecule has 2 heterocycles. The van der Waals surface area contributed by atoms with Gasteiger partial charge in [0.25, 0.3) is 5.91 Å². The molecular formula is C16H15N5O2S. The zero-order chi connectivity index (χ0) is 16.9. The Kier molecular flexibility index (Phi) is 4.66. The van der Waals surface area contributed by atoms with Crippen molar-refractivity contribution in [3.05, 3.63) is 53.7 Å². The largest absolute Gasteiger partial charge is 0.358 e. The number of carbonyl (C=O) groups excluding carboxylic acids is 2. The van der Waals surface area contributed by atoms with Gasteiger partial charge in [-0.2, -0.15) is 0 Å². The summed E-state index contributed by atoms with van der Waals surface area (Å²) >= 11 is 1.51. The number of amides is 2. The molecule has 24 heavy (non-hydrogen) atoms. The van der Waals surface area contributed by atoms with Crippen molar-refractivity contribution >= 4 is 23.2 Å². The third-order valence-corrected chi connectivity index (χ3v) is 4.11. The van der Waals surface area contributed by atoms with Gasteiger partial charge in [-0.15, -0.1) is 16.4 Å². The molecule has 0 atom stereocenters. The number of nitrogens with one attached hydrogen (secondary N) is 2. The molecule has 3 aromatic rings. The van der Waals surface area contributed by atoms with E-state index in [4.69, 9.17) is 0 Å². The van der Waals surface area contributed by atoms with Crippen LogP contribution in [0.5, 0.6) is 0 Å². The molecule has 0 fully saturated rings. The van der Waals surface area contributed by atoms with E-state index in [0.29, 0.717) is 5.82 Å². The predicted molar refractivity (Wildman–Crippen MR) is 91.1 cm³/mol. The van der Waals surface area contributed by atoms with Crippen LogP contribution in [0, 0.1) is 0 Å². The minimum Gasteiger partial charge on any atom is -0.358 e. The quantitative estimate of drug-likeness (QED) is 0.735. The second-order valence-electron chi connectivity index (χ2n) is 4.84. The molecule has 2 amide bonds. The smallest absolute Gasteiger partial charge is 0.291 e. The third kappa shape index (κ3) is 3.33. The Morgan fingerprint density at radius 2 is 1.96 bits per heavy atom. The average Bonchev–Trinajstić information content (AvgIpc) is 3.29. The van der Waals surface area contributed by atoms with Crippen molar-refractivity contribution in [3.63, 3.8) is 0 Å². The molecule has 0 spiro atoms. The summed E-state index contributed by atoms with van der Waals surface area (Å²) in [6.45, 7) is -0.121.